The van der Waals surface area contributed by atoms with Crippen molar-refractivity contribution < 1.29 is 9.59 Å². The number of piperidine rings is 1. The number of carbonyl (C=O) groups is 2. The summed E-state index contributed by atoms with van der Waals surface area (Å²) in [6.45, 7) is 5.13. The van der Waals surface area contributed by atoms with E-state index in [0.717, 1.165) is 58.2 Å². The Kier molecular flexibility index (Phi) is 5.77. The summed E-state index contributed by atoms with van der Waals surface area (Å²) < 4.78 is 0. The van der Waals surface area contributed by atoms with E-state index in [1.165, 1.54) is 5.56 Å². The number of likely N-dealkylation sites (tertiary alicyclic amines) is 2. The Morgan fingerprint density at radius 1 is 1.16 bits per heavy atom. The molecule has 0 saturated carbocycles. The number of amides is 2. The normalized spacial score (nSPS) is 23.5. The van der Waals surface area contributed by atoms with Crippen molar-refractivity contribution in [1.29, 1.82) is 0 Å². The summed E-state index contributed by atoms with van der Waals surface area (Å²) in [4.78, 5) is 29.3. The van der Waals surface area contributed by atoms with E-state index >= 15 is 0 Å². The Hall–Kier alpha value is -1.84. The second-order valence-electron chi connectivity index (χ2n) is 7.58. The van der Waals surface area contributed by atoms with Crippen molar-refractivity contribution in [3.8, 4) is 0 Å². The predicted octanol–water partition coefficient (Wildman–Crippen LogP) is 3.26. The highest BCUT2D eigenvalue weighted by Crippen LogP contribution is 2.40. The first-order valence-electron chi connectivity index (χ1n) is 9.76. The first kappa shape index (κ1) is 18.0. The van der Waals surface area contributed by atoms with E-state index < -0.39 is 0 Å². The van der Waals surface area contributed by atoms with Crippen LogP contribution in [0.15, 0.2) is 30.3 Å². The fourth-order valence-corrected chi connectivity index (χ4v) is 4.32. The van der Waals surface area contributed by atoms with Gasteiger partial charge in [0.1, 0.15) is 0 Å². The Labute approximate surface area is 151 Å². The molecule has 2 aliphatic heterocycles. The fraction of sp³-hybridized carbons (Fsp3) is 0.619. The van der Waals surface area contributed by atoms with Gasteiger partial charge in [0.25, 0.3) is 0 Å². The minimum absolute atomic E-state index is 0.216. The third-order valence-electron chi connectivity index (χ3n) is 5.73. The molecule has 0 aromatic heterocycles. The van der Waals surface area contributed by atoms with Crippen molar-refractivity contribution in [2.45, 2.75) is 51.9 Å². The predicted molar refractivity (Wildman–Crippen MR) is 99.1 cm³/mol. The SMILES string of the molecule is CCCC(=O)N1CCC2(CCCN(CCCc3ccccc3)C2=O)C1. The monoisotopic (exact) mass is 342 g/mol. The molecular weight excluding hydrogens is 312 g/mol. The molecule has 1 aromatic rings. The van der Waals surface area contributed by atoms with Crippen LogP contribution in [0.5, 0.6) is 0 Å². The standard InChI is InChI=1S/C21H30N2O2/c1-2-8-19(24)23-16-13-21(17-23)12-7-15-22(20(21)25)14-6-11-18-9-4-3-5-10-18/h3-5,9-10H,2,6-8,11-17H2,1H3. The number of carbonyl (C=O) groups excluding carboxylic acids is 2. The minimum Gasteiger partial charge on any atom is -0.342 e. The van der Waals surface area contributed by atoms with Gasteiger partial charge in [0, 0.05) is 32.6 Å². The first-order valence-corrected chi connectivity index (χ1v) is 9.76. The molecule has 2 fully saturated rings. The van der Waals surface area contributed by atoms with Gasteiger partial charge in [0.05, 0.1) is 5.41 Å². The Morgan fingerprint density at radius 2 is 1.96 bits per heavy atom. The summed E-state index contributed by atoms with van der Waals surface area (Å²) in [5.74, 6) is 0.506. The second-order valence-corrected chi connectivity index (χ2v) is 7.58. The van der Waals surface area contributed by atoms with Gasteiger partial charge in [-0.2, -0.15) is 0 Å². The number of rotatable bonds is 6. The summed E-state index contributed by atoms with van der Waals surface area (Å²) in [6.07, 6.45) is 6.34. The van der Waals surface area contributed by atoms with E-state index in [0.29, 0.717) is 18.9 Å². The minimum atomic E-state index is -0.297. The smallest absolute Gasteiger partial charge is 0.230 e. The van der Waals surface area contributed by atoms with Gasteiger partial charge in [-0.25, -0.2) is 0 Å². The van der Waals surface area contributed by atoms with Crippen LogP contribution in [0.2, 0.25) is 0 Å². The quantitative estimate of drug-likeness (QED) is 0.796. The lowest BCUT2D eigenvalue weighted by atomic mass is 9.78. The zero-order valence-electron chi connectivity index (χ0n) is 15.4. The molecule has 25 heavy (non-hydrogen) atoms. The molecule has 0 N–H and O–H groups in total. The molecule has 0 bridgehead atoms. The van der Waals surface area contributed by atoms with Gasteiger partial charge >= 0.3 is 0 Å². The van der Waals surface area contributed by atoms with Gasteiger partial charge in [-0.05, 0) is 44.1 Å². The summed E-state index contributed by atoms with van der Waals surface area (Å²) in [5, 5.41) is 0. The average molecular weight is 342 g/mol. The van der Waals surface area contributed by atoms with Gasteiger partial charge in [0.2, 0.25) is 11.8 Å². The summed E-state index contributed by atoms with van der Waals surface area (Å²) >= 11 is 0. The Morgan fingerprint density at radius 3 is 2.72 bits per heavy atom. The highest BCUT2D eigenvalue weighted by atomic mass is 16.2. The molecule has 2 amide bonds. The number of hydrogen-bond donors (Lipinski definition) is 0. The van der Waals surface area contributed by atoms with Gasteiger partial charge in [-0.15, -0.1) is 0 Å². The van der Waals surface area contributed by atoms with Crippen LogP contribution in [-0.4, -0.2) is 47.8 Å². The van der Waals surface area contributed by atoms with E-state index in [4.69, 9.17) is 0 Å². The molecule has 136 valence electrons. The van der Waals surface area contributed by atoms with Gasteiger partial charge < -0.3 is 9.80 Å². The molecule has 2 heterocycles. The van der Waals surface area contributed by atoms with Crippen LogP contribution in [-0.2, 0) is 16.0 Å². The highest BCUT2D eigenvalue weighted by Gasteiger charge is 2.48. The van der Waals surface area contributed by atoms with Crippen molar-refractivity contribution in [1.82, 2.24) is 9.80 Å². The van der Waals surface area contributed by atoms with E-state index in [2.05, 4.69) is 29.2 Å². The van der Waals surface area contributed by atoms with Crippen molar-refractivity contribution in [3.63, 3.8) is 0 Å². The third-order valence-corrected chi connectivity index (χ3v) is 5.73. The number of nitrogens with zero attached hydrogens (tertiary/aromatic N) is 2. The molecule has 1 aromatic carbocycles. The van der Waals surface area contributed by atoms with Crippen molar-refractivity contribution in [3.05, 3.63) is 35.9 Å². The van der Waals surface area contributed by atoms with Crippen molar-refractivity contribution in [2.24, 2.45) is 5.41 Å². The zero-order chi connectivity index (χ0) is 17.7. The van der Waals surface area contributed by atoms with E-state index in [1.54, 1.807) is 0 Å². The molecular formula is C21H30N2O2. The largest absolute Gasteiger partial charge is 0.342 e. The molecule has 4 heteroatoms. The summed E-state index contributed by atoms with van der Waals surface area (Å²) in [5.41, 5.74) is 1.04. The Bertz CT molecular complexity index is 601. The highest BCUT2D eigenvalue weighted by molar-refractivity contribution is 5.86. The van der Waals surface area contributed by atoms with Crippen LogP contribution in [0.4, 0.5) is 0 Å². The van der Waals surface area contributed by atoms with Crippen LogP contribution in [0, 0.1) is 5.41 Å². The van der Waals surface area contributed by atoms with Gasteiger partial charge in [-0.3, -0.25) is 9.59 Å². The molecule has 2 saturated heterocycles. The fourth-order valence-electron chi connectivity index (χ4n) is 4.32. The topological polar surface area (TPSA) is 40.6 Å². The Balaban J connectivity index is 1.55. The average Bonchev–Trinajstić information content (AvgIpc) is 3.05. The van der Waals surface area contributed by atoms with Crippen LogP contribution in [0.25, 0.3) is 0 Å². The van der Waals surface area contributed by atoms with Crippen molar-refractivity contribution >= 4 is 11.8 Å². The zero-order valence-corrected chi connectivity index (χ0v) is 15.4. The molecule has 2 aliphatic rings. The summed E-state index contributed by atoms with van der Waals surface area (Å²) in [7, 11) is 0. The number of hydrogen-bond acceptors (Lipinski definition) is 2. The van der Waals surface area contributed by atoms with E-state index in [1.807, 2.05) is 17.9 Å². The number of aryl methyl sites for hydroxylation is 1. The molecule has 0 aliphatic carbocycles. The molecule has 1 unspecified atom stereocenters. The van der Waals surface area contributed by atoms with Crippen molar-refractivity contribution in [2.75, 3.05) is 26.2 Å². The van der Waals surface area contributed by atoms with Crippen LogP contribution in [0.3, 0.4) is 0 Å². The van der Waals surface area contributed by atoms with Crippen LogP contribution >= 0.6 is 0 Å². The van der Waals surface area contributed by atoms with E-state index in [9.17, 15) is 9.59 Å². The molecule has 4 nitrogen and oxygen atoms in total. The third kappa shape index (κ3) is 4.05. The maximum Gasteiger partial charge on any atom is 0.230 e. The number of benzene rings is 1. The first-order chi connectivity index (χ1) is 12.1. The maximum absolute atomic E-state index is 13.1. The lowest BCUT2D eigenvalue weighted by Gasteiger charge is -2.39. The van der Waals surface area contributed by atoms with Gasteiger partial charge in [0.15, 0.2) is 0 Å². The molecule has 1 atom stereocenters. The van der Waals surface area contributed by atoms with Gasteiger partial charge in [-0.1, -0.05) is 37.3 Å². The molecule has 1 spiro atoms. The lowest BCUT2D eigenvalue weighted by molar-refractivity contribution is -0.146. The van der Waals surface area contributed by atoms with E-state index in [-0.39, 0.29) is 11.3 Å². The van der Waals surface area contributed by atoms with Crippen LogP contribution in [0.1, 0.15) is 51.0 Å². The van der Waals surface area contributed by atoms with Crippen LogP contribution < -0.4 is 0 Å². The molecule has 3 rings (SSSR count). The maximum atomic E-state index is 13.1. The summed E-state index contributed by atoms with van der Waals surface area (Å²) in [6, 6.07) is 10.5. The second kappa shape index (κ2) is 8.03. The lowest BCUT2D eigenvalue weighted by Crippen LogP contribution is -2.50. The molecule has 0 radical (unpaired) electrons.